The van der Waals surface area contributed by atoms with Crippen LogP contribution in [0.15, 0.2) is 28.7 Å². The molecule has 14 heteroatoms. The predicted molar refractivity (Wildman–Crippen MR) is 102 cm³/mol. The van der Waals surface area contributed by atoms with Gasteiger partial charge in [0.15, 0.2) is 0 Å². The number of alkyl halides is 6. The van der Waals surface area contributed by atoms with Crippen LogP contribution in [0.4, 0.5) is 31.1 Å². The topological polar surface area (TPSA) is 86.3 Å². The number of hydrogen-bond acceptors (Lipinski definition) is 6. The third-order valence-corrected chi connectivity index (χ3v) is 5.03. The highest BCUT2D eigenvalue weighted by Crippen LogP contribution is 2.36. The average molecular weight is 489 g/mol. The molecule has 0 bridgehead atoms. The molecule has 4 rings (SSSR count). The lowest BCUT2D eigenvalue weighted by atomic mass is 10.1. The maximum absolute atomic E-state index is 13.0. The molecule has 182 valence electrons. The van der Waals surface area contributed by atoms with Gasteiger partial charge in [-0.2, -0.15) is 31.4 Å². The molecule has 0 atom stereocenters. The smallest absolute Gasteiger partial charge is 0.416 e. The summed E-state index contributed by atoms with van der Waals surface area (Å²) in [5.74, 6) is 0.559. The minimum atomic E-state index is -4.99. The van der Waals surface area contributed by atoms with E-state index in [0.717, 1.165) is 0 Å². The average Bonchev–Trinajstić information content (AvgIpc) is 3.31. The van der Waals surface area contributed by atoms with E-state index in [0.29, 0.717) is 42.4 Å². The Balaban J connectivity index is 1.48. The number of carbonyl (C=O) groups excluding carboxylic acids is 1. The van der Waals surface area contributed by atoms with Crippen LogP contribution in [0.3, 0.4) is 0 Å². The third kappa shape index (κ3) is 5.15. The molecule has 8 nitrogen and oxygen atoms in total. The fraction of sp³-hybridized carbons (Fsp3) is 0.400. The van der Waals surface area contributed by atoms with Crippen LogP contribution in [0.25, 0.3) is 11.6 Å². The fourth-order valence-corrected chi connectivity index (χ4v) is 3.46. The highest BCUT2D eigenvalue weighted by atomic mass is 19.4. The zero-order valence-corrected chi connectivity index (χ0v) is 17.6. The van der Waals surface area contributed by atoms with Gasteiger partial charge < -0.3 is 14.1 Å². The van der Waals surface area contributed by atoms with Gasteiger partial charge in [-0.1, -0.05) is 0 Å². The highest BCUT2D eigenvalue weighted by molar-refractivity contribution is 5.67. The molecule has 0 saturated carbocycles. The van der Waals surface area contributed by atoms with Crippen molar-refractivity contribution in [3.63, 3.8) is 0 Å². The molecule has 34 heavy (non-hydrogen) atoms. The summed E-state index contributed by atoms with van der Waals surface area (Å²) in [5.41, 5.74) is -2.34. The van der Waals surface area contributed by atoms with Gasteiger partial charge in [-0.3, -0.25) is 4.68 Å². The highest BCUT2D eigenvalue weighted by Gasteiger charge is 2.37. The molecule has 0 aliphatic carbocycles. The second-order valence-corrected chi connectivity index (χ2v) is 7.61. The van der Waals surface area contributed by atoms with Crippen LogP contribution in [0.1, 0.15) is 34.7 Å². The maximum Gasteiger partial charge on any atom is 0.416 e. The minimum Gasteiger partial charge on any atom is -0.445 e. The molecular weight excluding hydrogens is 472 g/mol. The number of carbonyl (C=O) groups is 1. The van der Waals surface area contributed by atoms with Gasteiger partial charge in [-0.25, -0.2) is 4.79 Å². The Bertz CT molecular complexity index is 1170. The predicted octanol–water partition coefficient (Wildman–Crippen LogP) is 4.82. The molecular formula is C20H17F6N5O3. The molecule has 0 radical (unpaired) electrons. The van der Waals surface area contributed by atoms with Gasteiger partial charge in [0.25, 0.3) is 5.89 Å². The van der Waals surface area contributed by atoms with E-state index in [2.05, 4.69) is 15.3 Å². The van der Waals surface area contributed by atoms with Gasteiger partial charge in [0.2, 0.25) is 5.89 Å². The SMILES string of the molecule is Cc1nnc(-c2cc3n(n2)CCCN(C(=O)OCc2cc(C(F)(F)F)cc(C(F)(F)F)c2)C3)o1. The van der Waals surface area contributed by atoms with Crippen molar-refractivity contribution in [3.8, 4) is 11.6 Å². The zero-order valence-electron chi connectivity index (χ0n) is 17.6. The number of aryl methyl sites for hydroxylation is 2. The van der Waals surface area contributed by atoms with Gasteiger partial charge in [-0.15, -0.1) is 10.2 Å². The summed E-state index contributed by atoms with van der Waals surface area (Å²) in [4.78, 5) is 13.9. The van der Waals surface area contributed by atoms with Crippen molar-refractivity contribution in [2.75, 3.05) is 6.54 Å². The van der Waals surface area contributed by atoms with Crippen LogP contribution >= 0.6 is 0 Å². The second-order valence-electron chi connectivity index (χ2n) is 7.61. The molecule has 1 amide bonds. The van der Waals surface area contributed by atoms with Crippen molar-refractivity contribution in [2.24, 2.45) is 0 Å². The summed E-state index contributed by atoms with van der Waals surface area (Å²) in [5, 5.41) is 12.0. The van der Waals surface area contributed by atoms with Crippen LogP contribution in [0, 0.1) is 6.92 Å². The lowest BCUT2D eigenvalue weighted by Gasteiger charge is -2.20. The first kappa shape index (κ1) is 23.6. The van der Waals surface area contributed by atoms with Gasteiger partial charge in [0.05, 0.1) is 23.4 Å². The summed E-state index contributed by atoms with van der Waals surface area (Å²) >= 11 is 0. The Kier molecular flexibility index (Phi) is 6.00. The number of aromatic nitrogens is 4. The molecule has 1 aromatic carbocycles. The number of rotatable bonds is 3. The van der Waals surface area contributed by atoms with Crippen molar-refractivity contribution in [1.29, 1.82) is 0 Å². The fourth-order valence-electron chi connectivity index (χ4n) is 3.46. The lowest BCUT2D eigenvalue weighted by Crippen LogP contribution is -2.31. The Morgan fingerprint density at radius 2 is 1.71 bits per heavy atom. The number of halogens is 6. The molecule has 0 saturated heterocycles. The van der Waals surface area contributed by atoms with E-state index in [1.807, 2.05) is 0 Å². The van der Waals surface area contributed by atoms with Gasteiger partial charge in [0.1, 0.15) is 12.3 Å². The van der Waals surface area contributed by atoms with E-state index in [1.54, 1.807) is 17.7 Å². The third-order valence-electron chi connectivity index (χ3n) is 5.03. The summed E-state index contributed by atoms with van der Waals surface area (Å²) in [6.45, 7) is 1.66. The van der Waals surface area contributed by atoms with Crippen molar-refractivity contribution < 1.29 is 40.3 Å². The first-order chi connectivity index (χ1) is 15.9. The van der Waals surface area contributed by atoms with E-state index in [1.165, 1.54) is 4.90 Å². The Morgan fingerprint density at radius 3 is 2.29 bits per heavy atom. The van der Waals surface area contributed by atoms with Crippen molar-refractivity contribution >= 4 is 6.09 Å². The van der Waals surface area contributed by atoms with E-state index < -0.39 is 41.7 Å². The molecule has 0 unspecified atom stereocenters. The monoisotopic (exact) mass is 489 g/mol. The number of fused-ring (bicyclic) bond motifs is 1. The quantitative estimate of drug-likeness (QED) is 0.491. The molecule has 3 heterocycles. The van der Waals surface area contributed by atoms with Crippen LogP contribution in [-0.2, 0) is 36.8 Å². The molecule has 3 aromatic rings. The van der Waals surface area contributed by atoms with Gasteiger partial charge >= 0.3 is 18.4 Å². The normalized spacial score (nSPS) is 14.6. The molecule has 2 aromatic heterocycles. The van der Waals surface area contributed by atoms with Gasteiger partial charge in [-0.05, 0) is 36.2 Å². The molecule has 0 N–H and O–H groups in total. The largest absolute Gasteiger partial charge is 0.445 e. The first-order valence-electron chi connectivity index (χ1n) is 9.97. The molecule has 0 fully saturated rings. The Hall–Kier alpha value is -3.58. The van der Waals surface area contributed by atoms with Crippen LogP contribution in [0.5, 0.6) is 0 Å². The maximum atomic E-state index is 13.0. The van der Waals surface area contributed by atoms with Crippen LogP contribution < -0.4 is 0 Å². The summed E-state index contributed by atoms with van der Waals surface area (Å²) < 4.78 is 90.2. The lowest BCUT2D eigenvalue weighted by molar-refractivity contribution is -0.143. The second kappa shape index (κ2) is 8.65. The van der Waals surface area contributed by atoms with E-state index >= 15 is 0 Å². The minimum absolute atomic E-state index is 0.0176. The number of nitrogens with zero attached hydrogens (tertiary/aromatic N) is 5. The van der Waals surface area contributed by atoms with E-state index in [-0.39, 0.29) is 25.0 Å². The van der Waals surface area contributed by atoms with Crippen molar-refractivity contribution in [3.05, 3.63) is 52.5 Å². The number of ether oxygens (including phenoxy) is 1. The molecule has 0 spiro atoms. The Labute approximate surface area is 188 Å². The first-order valence-corrected chi connectivity index (χ1v) is 9.97. The standard InChI is InChI=1S/C20H17F6N5O3/c1-11-27-28-17(34-11)16-8-15-9-30(3-2-4-31(15)29-16)18(32)33-10-12-5-13(19(21,22)23)7-14(6-12)20(24,25)26/h5-8H,2-4,9-10H2,1H3. The molecule has 1 aliphatic rings. The Morgan fingerprint density at radius 1 is 1.03 bits per heavy atom. The number of benzene rings is 1. The van der Waals surface area contributed by atoms with E-state index in [4.69, 9.17) is 9.15 Å². The summed E-state index contributed by atoms with van der Waals surface area (Å²) in [7, 11) is 0. The van der Waals surface area contributed by atoms with Gasteiger partial charge in [0, 0.05) is 20.0 Å². The van der Waals surface area contributed by atoms with Crippen LogP contribution in [-0.4, -0.2) is 37.5 Å². The van der Waals surface area contributed by atoms with Crippen molar-refractivity contribution in [2.45, 2.75) is 45.4 Å². The van der Waals surface area contributed by atoms with Crippen LogP contribution in [0.2, 0.25) is 0 Å². The number of amides is 1. The van der Waals surface area contributed by atoms with E-state index in [9.17, 15) is 31.1 Å². The van der Waals surface area contributed by atoms with Crippen molar-refractivity contribution in [1.82, 2.24) is 24.9 Å². The molecule has 1 aliphatic heterocycles. The number of hydrogen-bond donors (Lipinski definition) is 0. The zero-order chi connectivity index (χ0) is 24.7. The summed E-state index contributed by atoms with van der Waals surface area (Å²) in [6, 6.07) is 2.72. The summed E-state index contributed by atoms with van der Waals surface area (Å²) in [6.07, 6.45) is -10.4.